The number of nitrogens with zero attached hydrogens (tertiary/aromatic N) is 2. The summed E-state index contributed by atoms with van der Waals surface area (Å²) in [4.78, 5) is 20.8. The van der Waals surface area contributed by atoms with Gasteiger partial charge >= 0.3 is 11.9 Å². The second kappa shape index (κ2) is 10.5. The molecule has 3 rings (SSSR count). The van der Waals surface area contributed by atoms with E-state index in [1.165, 1.54) is 0 Å². The van der Waals surface area contributed by atoms with E-state index in [2.05, 4.69) is 4.90 Å². The summed E-state index contributed by atoms with van der Waals surface area (Å²) in [5.74, 6) is -3.65. The first-order valence-corrected chi connectivity index (χ1v) is 10.9. The van der Waals surface area contributed by atoms with Crippen LogP contribution in [0.3, 0.4) is 0 Å². The van der Waals surface area contributed by atoms with Gasteiger partial charge in [-0.3, -0.25) is 4.90 Å². The van der Waals surface area contributed by atoms with Crippen LogP contribution < -0.4 is 0 Å². The van der Waals surface area contributed by atoms with Crippen LogP contribution in [0.4, 0.5) is 0 Å². The topological polar surface area (TPSA) is 115 Å². The highest BCUT2D eigenvalue weighted by atomic mass is 35.5. The Morgan fingerprint density at radius 1 is 0.933 bits per heavy atom. The van der Waals surface area contributed by atoms with Crippen LogP contribution in [-0.2, 0) is 26.2 Å². The summed E-state index contributed by atoms with van der Waals surface area (Å²) < 4.78 is 27.0. The summed E-state index contributed by atoms with van der Waals surface area (Å²) >= 11 is 6.20. The van der Waals surface area contributed by atoms with Crippen molar-refractivity contribution in [3.8, 4) is 0 Å². The molecule has 1 aliphatic rings. The van der Waals surface area contributed by atoms with Gasteiger partial charge in [-0.1, -0.05) is 47.5 Å². The molecule has 0 atom stereocenters. The summed E-state index contributed by atoms with van der Waals surface area (Å²) in [6.45, 7) is 5.11. The molecule has 2 aromatic rings. The summed E-state index contributed by atoms with van der Waals surface area (Å²) in [7, 11) is -3.40. The highest BCUT2D eigenvalue weighted by molar-refractivity contribution is 7.89. The second-order valence-electron chi connectivity index (χ2n) is 6.70. The minimum absolute atomic E-state index is 0.368. The van der Waals surface area contributed by atoms with Crippen molar-refractivity contribution in [3.05, 3.63) is 64.7 Å². The Bertz CT molecular complexity index is 975. The number of carboxylic acid groups (broad SMARTS) is 2. The second-order valence-corrected chi connectivity index (χ2v) is 9.04. The van der Waals surface area contributed by atoms with E-state index in [0.29, 0.717) is 31.1 Å². The van der Waals surface area contributed by atoms with E-state index in [-0.39, 0.29) is 0 Å². The van der Waals surface area contributed by atoms with Gasteiger partial charge < -0.3 is 10.2 Å². The molecule has 10 heteroatoms. The lowest BCUT2D eigenvalue weighted by molar-refractivity contribution is -0.159. The third-order valence-electron chi connectivity index (χ3n) is 4.52. The van der Waals surface area contributed by atoms with E-state index >= 15 is 0 Å². The molecule has 0 unspecified atom stereocenters. The van der Waals surface area contributed by atoms with Crippen LogP contribution in [0.15, 0.2) is 53.4 Å². The quantitative estimate of drug-likeness (QED) is 0.681. The molecule has 1 saturated heterocycles. The number of hydrogen-bond acceptors (Lipinski definition) is 5. The van der Waals surface area contributed by atoms with Crippen LogP contribution in [-0.4, -0.2) is 66.0 Å². The Kier molecular flexibility index (Phi) is 8.36. The molecule has 2 N–H and O–H groups in total. The monoisotopic (exact) mass is 454 g/mol. The molecular formula is C20H23ClN2O6S. The molecule has 30 heavy (non-hydrogen) atoms. The lowest BCUT2D eigenvalue weighted by Crippen LogP contribution is -2.48. The number of sulfonamides is 1. The Morgan fingerprint density at radius 3 is 1.97 bits per heavy atom. The Morgan fingerprint density at radius 2 is 1.47 bits per heavy atom. The molecule has 1 fully saturated rings. The predicted molar refractivity (Wildman–Crippen MR) is 112 cm³/mol. The van der Waals surface area contributed by atoms with E-state index in [1.807, 2.05) is 43.3 Å². The van der Waals surface area contributed by atoms with Gasteiger partial charge in [0.15, 0.2) is 0 Å². The van der Waals surface area contributed by atoms with E-state index in [1.54, 1.807) is 16.4 Å². The van der Waals surface area contributed by atoms with Gasteiger partial charge in [0, 0.05) is 37.7 Å². The minimum Gasteiger partial charge on any atom is -0.473 e. The lowest BCUT2D eigenvalue weighted by atomic mass is 10.2. The van der Waals surface area contributed by atoms with Gasteiger partial charge in [-0.05, 0) is 30.7 Å². The first-order chi connectivity index (χ1) is 14.1. The molecule has 0 bridgehead atoms. The number of piperazine rings is 1. The van der Waals surface area contributed by atoms with Gasteiger partial charge in [-0.2, -0.15) is 4.31 Å². The third-order valence-corrected chi connectivity index (χ3v) is 6.81. The molecule has 2 aromatic carbocycles. The summed E-state index contributed by atoms with van der Waals surface area (Å²) in [6.07, 6.45) is 0. The van der Waals surface area contributed by atoms with Crippen molar-refractivity contribution in [2.45, 2.75) is 18.4 Å². The first kappa shape index (κ1) is 23.8. The zero-order chi connectivity index (χ0) is 22.3. The fourth-order valence-corrected chi connectivity index (χ4v) is 4.47. The van der Waals surface area contributed by atoms with E-state index < -0.39 is 22.0 Å². The normalized spacial score (nSPS) is 15.1. The van der Waals surface area contributed by atoms with Crippen molar-refractivity contribution in [2.24, 2.45) is 0 Å². The van der Waals surface area contributed by atoms with Crippen molar-refractivity contribution in [1.82, 2.24) is 9.21 Å². The Hall–Kier alpha value is -2.46. The van der Waals surface area contributed by atoms with Gasteiger partial charge in [0.1, 0.15) is 0 Å². The predicted octanol–water partition coefficient (Wildman–Crippen LogP) is 2.31. The number of aryl methyl sites for hydroxylation is 1. The first-order valence-electron chi connectivity index (χ1n) is 9.10. The van der Waals surface area contributed by atoms with Crippen LogP contribution in [0.1, 0.15) is 11.1 Å². The number of hydrogen-bond donors (Lipinski definition) is 2. The molecule has 0 saturated carbocycles. The number of aliphatic carboxylic acids is 2. The molecule has 0 aromatic heterocycles. The lowest BCUT2D eigenvalue weighted by Gasteiger charge is -2.34. The largest absolute Gasteiger partial charge is 0.473 e. The maximum atomic E-state index is 12.7. The Labute approximate surface area is 180 Å². The van der Waals surface area contributed by atoms with Crippen LogP contribution in [0.2, 0.25) is 5.02 Å². The summed E-state index contributed by atoms with van der Waals surface area (Å²) in [5, 5.41) is 15.5. The van der Waals surface area contributed by atoms with E-state index in [9.17, 15) is 8.42 Å². The van der Waals surface area contributed by atoms with Crippen LogP contribution in [0, 0.1) is 6.92 Å². The molecule has 0 spiro atoms. The van der Waals surface area contributed by atoms with Crippen molar-refractivity contribution in [3.63, 3.8) is 0 Å². The maximum Gasteiger partial charge on any atom is 0.414 e. The average molecular weight is 455 g/mol. The zero-order valence-corrected chi connectivity index (χ0v) is 17.9. The number of carbonyl (C=O) groups is 2. The third kappa shape index (κ3) is 6.53. The van der Waals surface area contributed by atoms with Gasteiger partial charge in [-0.15, -0.1) is 0 Å². The molecular weight excluding hydrogens is 432 g/mol. The van der Waals surface area contributed by atoms with Crippen LogP contribution in [0.25, 0.3) is 0 Å². The van der Waals surface area contributed by atoms with Crippen molar-refractivity contribution < 1.29 is 28.2 Å². The van der Waals surface area contributed by atoms with Gasteiger partial charge in [0.25, 0.3) is 0 Å². The minimum atomic E-state index is -3.40. The van der Waals surface area contributed by atoms with E-state index in [0.717, 1.165) is 22.7 Å². The maximum absolute atomic E-state index is 12.7. The summed E-state index contributed by atoms with van der Waals surface area (Å²) in [6, 6.07) is 14.8. The van der Waals surface area contributed by atoms with E-state index in [4.69, 9.17) is 31.4 Å². The SMILES string of the molecule is Cc1ccc(S(=O)(=O)N2CCN(Cc3ccccc3Cl)CC2)cc1.O=C(O)C(=O)O. The van der Waals surface area contributed by atoms with Gasteiger partial charge in [0.05, 0.1) is 4.90 Å². The fraction of sp³-hybridized carbons (Fsp3) is 0.300. The standard InChI is InChI=1S/C18H21ClN2O2S.C2H2O4/c1-15-6-8-17(9-7-15)24(22,23)21-12-10-20(11-13-21)14-16-4-2-3-5-18(16)19;3-1(4)2(5)6/h2-9H,10-14H2,1H3;(H,3,4)(H,5,6). The highest BCUT2D eigenvalue weighted by Crippen LogP contribution is 2.21. The molecule has 0 amide bonds. The highest BCUT2D eigenvalue weighted by Gasteiger charge is 2.28. The van der Waals surface area contributed by atoms with Gasteiger partial charge in [-0.25, -0.2) is 18.0 Å². The molecule has 1 heterocycles. The van der Waals surface area contributed by atoms with Gasteiger partial charge in [0.2, 0.25) is 10.0 Å². The smallest absolute Gasteiger partial charge is 0.414 e. The van der Waals surface area contributed by atoms with Crippen molar-refractivity contribution in [1.29, 1.82) is 0 Å². The molecule has 8 nitrogen and oxygen atoms in total. The van der Waals surface area contributed by atoms with Crippen LogP contribution >= 0.6 is 11.6 Å². The van der Waals surface area contributed by atoms with Crippen molar-refractivity contribution in [2.75, 3.05) is 26.2 Å². The number of benzene rings is 2. The number of halogens is 1. The molecule has 0 aliphatic carbocycles. The molecule has 162 valence electrons. The summed E-state index contributed by atoms with van der Waals surface area (Å²) in [5.41, 5.74) is 2.13. The van der Waals surface area contributed by atoms with Crippen LogP contribution in [0.5, 0.6) is 0 Å². The average Bonchev–Trinajstić information content (AvgIpc) is 2.71. The molecule has 1 aliphatic heterocycles. The number of rotatable bonds is 4. The number of carboxylic acids is 2. The Balaban J connectivity index is 0.000000469. The fourth-order valence-electron chi connectivity index (χ4n) is 2.85. The molecule has 0 radical (unpaired) electrons. The van der Waals surface area contributed by atoms with Crippen molar-refractivity contribution >= 4 is 33.6 Å². The zero-order valence-electron chi connectivity index (χ0n) is 16.4.